The molecule has 1 aromatic carbocycles. The Morgan fingerprint density at radius 2 is 1.86 bits per heavy atom. The fourth-order valence-corrected chi connectivity index (χ4v) is 5.45. The zero-order chi connectivity index (χ0) is 20.9. The first-order chi connectivity index (χ1) is 13.0. The van der Waals surface area contributed by atoms with Gasteiger partial charge in [-0.1, -0.05) is 38.8 Å². The van der Waals surface area contributed by atoms with Gasteiger partial charge in [0.15, 0.2) is 9.84 Å². The highest BCUT2D eigenvalue weighted by Crippen LogP contribution is 2.32. The summed E-state index contributed by atoms with van der Waals surface area (Å²) in [6.45, 7) is 3.83. The van der Waals surface area contributed by atoms with Gasteiger partial charge in [-0.3, -0.25) is 4.79 Å². The Morgan fingerprint density at radius 1 is 1.21 bits per heavy atom. The molecule has 1 N–H and O–H groups in total. The topological polar surface area (TPSA) is 63.2 Å². The Hall–Kier alpha value is -1.57. The standard InChI is InChI=1S/C20H28F3NO3S/c1-14(2)12-18(15-6-5-7-16(13-15)20(21,22)23)24-19(25)10-11-28(26,27)17-8-3-4-9-17/h5-7,13-14,17-18H,3-4,8-12H2,1-2H3,(H,24,25)/t18-/m1/s1. The minimum atomic E-state index is -4.46. The molecule has 1 aliphatic rings. The van der Waals surface area contributed by atoms with Gasteiger partial charge < -0.3 is 5.32 Å². The van der Waals surface area contributed by atoms with E-state index in [0.29, 0.717) is 24.8 Å². The molecule has 1 aromatic rings. The lowest BCUT2D eigenvalue weighted by atomic mass is 9.95. The fraction of sp³-hybridized carbons (Fsp3) is 0.650. The zero-order valence-corrected chi connectivity index (χ0v) is 17.1. The second-order valence-corrected chi connectivity index (χ2v) is 10.3. The van der Waals surface area contributed by atoms with Gasteiger partial charge >= 0.3 is 6.18 Å². The summed E-state index contributed by atoms with van der Waals surface area (Å²) in [5.74, 6) is -0.535. The maximum atomic E-state index is 13.0. The van der Waals surface area contributed by atoms with E-state index in [1.807, 2.05) is 13.8 Å². The van der Waals surface area contributed by atoms with Crippen molar-refractivity contribution < 1.29 is 26.4 Å². The van der Waals surface area contributed by atoms with Gasteiger partial charge in [0.1, 0.15) is 0 Å². The fourth-order valence-electron chi connectivity index (χ4n) is 3.60. The van der Waals surface area contributed by atoms with E-state index in [-0.39, 0.29) is 23.3 Å². The van der Waals surface area contributed by atoms with E-state index in [1.54, 1.807) is 6.07 Å². The molecule has 1 fully saturated rings. The number of rotatable bonds is 8. The van der Waals surface area contributed by atoms with Gasteiger partial charge in [-0.05, 0) is 42.9 Å². The van der Waals surface area contributed by atoms with Crippen molar-refractivity contribution in [2.45, 2.75) is 69.8 Å². The Balaban J connectivity index is 2.06. The Kier molecular flexibility index (Phi) is 7.53. The largest absolute Gasteiger partial charge is 0.416 e. The van der Waals surface area contributed by atoms with Crippen molar-refractivity contribution in [3.8, 4) is 0 Å². The highest BCUT2D eigenvalue weighted by Gasteiger charge is 2.32. The molecule has 8 heteroatoms. The van der Waals surface area contributed by atoms with Crippen LogP contribution < -0.4 is 5.32 Å². The minimum Gasteiger partial charge on any atom is -0.349 e. The maximum absolute atomic E-state index is 13.0. The molecule has 0 radical (unpaired) electrons. The van der Waals surface area contributed by atoms with E-state index < -0.39 is 33.5 Å². The molecule has 1 aliphatic carbocycles. The van der Waals surface area contributed by atoms with Gasteiger partial charge in [0.05, 0.1) is 22.6 Å². The van der Waals surface area contributed by atoms with Crippen LogP contribution in [0.5, 0.6) is 0 Å². The van der Waals surface area contributed by atoms with E-state index >= 15 is 0 Å². The predicted molar refractivity (Wildman–Crippen MR) is 102 cm³/mol. The van der Waals surface area contributed by atoms with Gasteiger partial charge in [-0.25, -0.2) is 8.42 Å². The summed E-state index contributed by atoms with van der Waals surface area (Å²) < 4.78 is 63.6. The minimum absolute atomic E-state index is 0.141. The Labute approximate surface area is 164 Å². The molecule has 0 heterocycles. The SMILES string of the molecule is CC(C)C[C@@H](NC(=O)CCS(=O)(=O)C1CCCC1)c1cccc(C(F)(F)F)c1. The van der Waals surface area contributed by atoms with Crippen molar-refractivity contribution in [3.63, 3.8) is 0 Å². The van der Waals surface area contributed by atoms with Gasteiger partial charge in [0.2, 0.25) is 5.91 Å². The number of nitrogens with one attached hydrogen (secondary N) is 1. The predicted octanol–water partition coefficient (Wildman–Crippen LogP) is 4.66. The summed E-state index contributed by atoms with van der Waals surface area (Å²) in [5.41, 5.74) is -0.396. The molecule has 1 atom stereocenters. The third kappa shape index (κ3) is 6.50. The lowest BCUT2D eigenvalue weighted by Crippen LogP contribution is -2.32. The third-order valence-corrected chi connectivity index (χ3v) is 7.34. The normalized spacial score (nSPS) is 17.1. The average Bonchev–Trinajstić information content (AvgIpc) is 3.14. The number of carbonyl (C=O) groups excluding carboxylic acids is 1. The summed E-state index contributed by atoms with van der Waals surface area (Å²) in [6.07, 6.45) is -1.11. The molecular formula is C20H28F3NO3S. The van der Waals surface area contributed by atoms with Crippen LogP contribution in [0.15, 0.2) is 24.3 Å². The van der Waals surface area contributed by atoms with E-state index in [4.69, 9.17) is 0 Å². The summed E-state index contributed by atoms with van der Waals surface area (Å²) in [6, 6.07) is 4.32. The van der Waals surface area contributed by atoms with E-state index in [0.717, 1.165) is 25.0 Å². The van der Waals surface area contributed by atoms with Gasteiger partial charge in [-0.15, -0.1) is 0 Å². The molecule has 1 amide bonds. The zero-order valence-electron chi connectivity index (χ0n) is 16.3. The first-order valence-corrected chi connectivity index (χ1v) is 11.4. The summed E-state index contributed by atoms with van der Waals surface area (Å²) >= 11 is 0. The van der Waals surface area contributed by atoms with Crippen molar-refractivity contribution in [3.05, 3.63) is 35.4 Å². The highest BCUT2D eigenvalue weighted by molar-refractivity contribution is 7.92. The lowest BCUT2D eigenvalue weighted by molar-refractivity contribution is -0.137. The van der Waals surface area contributed by atoms with Crippen molar-refractivity contribution in [1.82, 2.24) is 5.32 Å². The van der Waals surface area contributed by atoms with Crippen molar-refractivity contribution in [2.75, 3.05) is 5.75 Å². The number of sulfone groups is 1. The van der Waals surface area contributed by atoms with Crippen LogP contribution >= 0.6 is 0 Å². The monoisotopic (exact) mass is 419 g/mol. The molecule has 0 saturated heterocycles. The Morgan fingerprint density at radius 3 is 2.43 bits per heavy atom. The second-order valence-electron chi connectivity index (χ2n) is 7.90. The third-order valence-electron chi connectivity index (χ3n) is 5.08. The molecular weight excluding hydrogens is 391 g/mol. The molecule has 0 unspecified atom stereocenters. The number of hydrogen-bond donors (Lipinski definition) is 1. The molecule has 0 aliphatic heterocycles. The first kappa shape index (κ1) is 22.7. The molecule has 158 valence electrons. The maximum Gasteiger partial charge on any atom is 0.416 e. The van der Waals surface area contributed by atoms with Crippen LogP contribution in [0.1, 0.15) is 69.5 Å². The number of amides is 1. The molecule has 0 aromatic heterocycles. The van der Waals surface area contributed by atoms with Crippen LogP contribution in [-0.2, 0) is 20.8 Å². The smallest absolute Gasteiger partial charge is 0.349 e. The molecule has 2 rings (SSSR count). The molecule has 0 spiro atoms. The molecule has 4 nitrogen and oxygen atoms in total. The van der Waals surface area contributed by atoms with Crippen molar-refractivity contribution in [2.24, 2.45) is 5.92 Å². The first-order valence-electron chi connectivity index (χ1n) is 9.67. The van der Waals surface area contributed by atoms with Crippen molar-refractivity contribution in [1.29, 1.82) is 0 Å². The summed E-state index contributed by atoms with van der Waals surface area (Å²) in [7, 11) is -3.31. The van der Waals surface area contributed by atoms with Gasteiger partial charge in [0.25, 0.3) is 0 Å². The van der Waals surface area contributed by atoms with Crippen LogP contribution in [0.3, 0.4) is 0 Å². The van der Waals surface area contributed by atoms with Crippen LogP contribution in [0.2, 0.25) is 0 Å². The van der Waals surface area contributed by atoms with Crippen LogP contribution in [0.4, 0.5) is 13.2 Å². The summed E-state index contributed by atoms with van der Waals surface area (Å²) in [5, 5.41) is 2.37. The van der Waals surface area contributed by atoms with Gasteiger partial charge in [-0.2, -0.15) is 13.2 Å². The van der Waals surface area contributed by atoms with Gasteiger partial charge in [0, 0.05) is 6.42 Å². The second kappa shape index (κ2) is 9.29. The number of halogens is 3. The Bertz CT molecular complexity index is 769. The van der Waals surface area contributed by atoms with E-state index in [9.17, 15) is 26.4 Å². The van der Waals surface area contributed by atoms with E-state index in [1.165, 1.54) is 6.07 Å². The van der Waals surface area contributed by atoms with Crippen LogP contribution in [0.25, 0.3) is 0 Å². The average molecular weight is 420 g/mol. The molecule has 1 saturated carbocycles. The number of benzene rings is 1. The van der Waals surface area contributed by atoms with Crippen LogP contribution in [0, 0.1) is 5.92 Å². The quantitative estimate of drug-likeness (QED) is 0.667. The van der Waals surface area contributed by atoms with E-state index in [2.05, 4.69) is 5.32 Å². The lowest BCUT2D eigenvalue weighted by Gasteiger charge is -2.22. The molecule has 28 heavy (non-hydrogen) atoms. The van der Waals surface area contributed by atoms with Crippen LogP contribution in [-0.4, -0.2) is 25.3 Å². The number of hydrogen-bond acceptors (Lipinski definition) is 3. The highest BCUT2D eigenvalue weighted by atomic mass is 32.2. The summed E-state index contributed by atoms with van der Waals surface area (Å²) in [4.78, 5) is 12.4. The number of alkyl halides is 3. The van der Waals surface area contributed by atoms with Crippen molar-refractivity contribution >= 4 is 15.7 Å². The molecule has 0 bridgehead atoms. The number of carbonyl (C=O) groups is 1.